The van der Waals surface area contributed by atoms with Gasteiger partial charge in [0.25, 0.3) is 0 Å². The molecule has 0 bridgehead atoms. The summed E-state index contributed by atoms with van der Waals surface area (Å²) in [7, 11) is 0. The van der Waals surface area contributed by atoms with Gasteiger partial charge < -0.3 is 20.3 Å². The average Bonchev–Trinajstić information content (AvgIpc) is 3.34. The number of nitrogens with two attached hydrogens (primary N) is 1. The summed E-state index contributed by atoms with van der Waals surface area (Å²) in [5.74, 6) is -1.24. The van der Waals surface area contributed by atoms with E-state index in [1.54, 1.807) is 16.7 Å². The summed E-state index contributed by atoms with van der Waals surface area (Å²) in [4.78, 5) is 26.1. The SMILES string of the molecule is N#Cc1c(N2CCC(N)C2)ccc2c(=O)c(C(=O)O)cn(C3CC3)c12. The van der Waals surface area contributed by atoms with E-state index < -0.39 is 11.4 Å². The molecule has 2 heterocycles. The maximum absolute atomic E-state index is 12.6. The van der Waals surface area contributed by atoms with Crippen LogP contribution >= 0.6 is 0 Å². The van der Waals surface area contributed by atoms with Crippen molar-refractivity contribution in [1.82, 2.24) is 4.57 Å². The summed E-state index contributed by atoms with van der Waals surface area (Å²) < 4.78 is 1.80. The Bertz CT molecular complexity index is 984. The highest BCUT2D eigenvalue weighted by Crippen LogP contribution is 2.39. The van der Waals surface area contributed by atoms with Gasteiger partial charge in [-0.25, -0.2) is 4.79 Å². The quantitative estimate of drug-likeness (QED) is 0.876. The topological polar surface area (TPSA) is 112 Å². The third-order valence-corrected chi connectivity index (χ3v) is 5.02. The zero-order valence-corrected chi connectivity index (χ0v) is 13.6. The molecule has 1 aliphatic carbocycles. The van der Waals surface area contributed by atoms with E-state index in [0.29, 0.717) is 17.6 Å². The maximum Gasteiger partial charge on any atom is 0.341 e. The smallest absolute Gasteiger partial charge is 0.341 e. The zero-order valence-electron chi connectivity index (χ0n) is 13.6. The number of carboxylic acids is 1. The predicted molar refractivity (Wildman–Crippen MR) is 93.0 cm³/mol. The number of benzene rings is 1. The first-order chi connectivity index (χ1) is 12.0. The molecule has 0 spiro atoms. The van der Waals surface area contributed by atoms with Crippen molar-refractivity contribution in [2.75, 3.05) is 18.0 Å². The number of hydrogen-bond acceptors (Lipinski definition) is 5. The van der Waals surface area contributed by atoms with Crippen LogP contribution in [0.1, 0.15) is 41.2 Å². The molecule has 1 saturated heterocycles. The highest BCUT2D eigenvalue weighted by Gasteiger charge is 2.30. The number of nitrogens with zero attached hydrogens (tertiary/aromatic N) is 3. The Balaban J connectivity index is 2.03. The molecule has 4 rings (SSSR count). The minimum Gasteiger partial charge on any atom is -0.477 e. The van der Waals surface area contributed by atoms with Crippen molar-refractivity contribution in [3.63, 3.8) is 0 Å². The van der Waals surface area contributed by atoms with Crippen molar-refractivity contribution >= 4 is 22.6 Å². The number of carboxylic acid groups (broad SMARTS) is 1. The number of aromatic nitrogens is 1. The maximum atomic E-state index is 12.6. The number of aromatic carboxylic acids is 1. The zero-order chi connectivity index (χ0) is 17.7. The van der Waals surface area contributed by atoms with Crippen molar-refractivity contribution in [3.8, 4) is 6.07 Å². The average molecular weight is 338 g/mol. The van der Waals surface area contributed by atoms with E-state index >= 15 is 0 Å². The molecule has 3 N–H and O–H groups in total. The number of pyridine rings is 1. The molecular formula is C18H18N4O3. The lowest BCUT2D eigenvalue weighted by atomic mass is 10.0. The molecule has 2 aromatic rings. The van der Waals surface area contributed by atoms with Gasteiger partial charge in [0.2, 0.25) is 5.43 Å². The lowest BCUT2D eigenvalue weighted by Crippen LogP contribution is -2.27. The first kappa shape index (κ1) is 15.7. The summed E-state index contributed by atoms with van der Waals surface area (Å²) >= 11 is 0. The van der Waals surface area contributed by atoms with Crippen LogP contribution in [0.15, 0.2) is 23.1 Å². The number of rotatable bonds is 3. The first-order valence-corrected chi connectivity index (χ1v) is 8.37. The van der Waals surface area contributed by atoms with E-state index in [1.807, 2.05) is 0 Å². The Morgan fingerprint density at radius 3 is 2.64 bits per heavy atom. The van der Waals surface area contributed by atoms with Crippen molar-refractivity contribution in [2.45, 2.75) is 31.3 Å². The number of hydrogen-bond donors (Lipinski definition) is 2. The molecule has 0 radical (unpaired) electrons. The van der Waals surface area contributed by atoms with E-state index in [-0.39, 0.29) is 23.0 Å². The van der Waals surface area contributed by atoms with E-state index in [0.717, 1.165) is 31.5 Å². The third-order valence-electron chi connectivity index (χ3n) is 5.02. The largest absolute Gasteiger partial charge is 0.477 e. The molecule has 0 amide bonds. The molecule has 128 valence electrons. The first-order valence-electron chi connectivity index (χ1n) is 8.37. The molecule has 1 saturated carbocycles. The van der Waals surface area contributed by atoms with Crippen molar-refractivity contribution < 1.29 is 9.90 Å². The summed E-state index contributed by atoms with van der Waals surface area (Å²) in [5, 5.41) is 19.4. The molecule has 1 unspecified atom stereocenters. The summed E-state index contributed by atoms with van der Waals surface area (Å²) in [6, 6.07) is 5.84. The monoisotopic (exact) mass is 338 g/mol. The van der Waals surface area contributed by atoms with Crippen LogP contribution in [0.3, 0.4) is 0 Å². The molecule has 7 heteroatoms. The second-order valence-corrected chi connectivity index (χ2v) is 6.78. The van der Waals surface area contributed by atoms with Crippen molar-refractivity contribution in [1.29, 1.82) is 5.26 Å². The Kier molecular flexibility index (Phi) is 3.51. The fourth-order valence-electron chi connectivity index (χ4n) is 3.61. The number of carbonyl (C=O) groups is 1. The van der Waals surface area contributed by atoms with Crippen LogP contribution in [0.25, 0.3) is 10.9 Å². The summed E-state index contributed by atoms with van der Waals surface area (Å²) in [5.41, 5.74) is 6.92. The Morgan fingerprint density at radius 1 is 1.32 bits per heavy atom. The molecular weight excluding hydrogens is 320 g/mol. The highest BCUT2D eigenvalue weighted by molar-refractivity contribution is 5.96. The third kappa shape index (κ3) is 2.46. The van der Waals surface area contributed by atoms with Gasteiger partial charge in [0, 0.05) is 36.8 Å². The Hall–Kier alpha value is -2.85. The Morgan fingerprint density at radius 2 is 2.08 bits per heavy atom. The molecule has 25 heavy (non-hydrogen) atoms. The highest BCUT2D eigenvalue weighted by atomic mass is 16.4. The normalized spacial score (nSPS) is 20.0. The van der Waals surface area contributed by atoms with Gasteiger partial charge in [-0.15, -0.1) is 0 Å². The van der Waals surface area contributed by atoms with Gasteiger partial charge >= 0.3 is 5.97 Å². The molecule has 1 aromatic carbocycles. The van der Waals surface area contributed by atoms with E-state index in [2.05, 4.69) is 11.0 Å². The number of fused-ring (bicyclic) bond motifs is 1. The van der Waals surface area contributed by atoms with Gasteiger partial charge in [0.05, 0.1) is 16.8 Å². The van der Waals surface area contributed by atoms with Crippen LogP contribution in [-0.4, -0.2) is 34.8 Å². The standard InChI is InChI=1S/C18H18N4O3/c19-7-13-15(21-6-5-10(20)8-21)4-3-12-16(13)22(11-1-2-11)9-14(17(12)23)18(24)25/h3-4,9-11H,1-2,5-6,8,20H2,(H,24,25). The molecule has 1 aliphatic heterocycles. The van der Waals surface area contributed by atoms with E-state index in [4.69, 9.17) is 5.73 Å². The second kappa shape index (κ2) is 5.60. The molecule has 2 fully saturated rings. The van der Waals surface area contributed by atoms with Crippen LogP contribution in [-0.2, 0) is 0 Å². The summed E-state index contributed by atoms with van der Waals surface area (Å²) in [6.07, 6.45) is 4.09. The number of nitriles is 1. The van der Waals surface area contributed by atoms with Gasteiger partial charge in [-0.05, 0) is 31.4 Å². The minimum absolute atomic E-state index is 0.0715. The van der Waals surface area contributed by atoms with Gasteiger partial charge in [0.1, 0.15) is 11.6 Å². The minimum atomic E-state index is -1.24. The van der Waals surface area contributed by atoms with Gasteiger partial charge in [-0.2, -0.15) is 5.26 Å². The fraction of sp³-hybridized carbons (Fsp3) is 0.389. The molecule has 7 nitrogen and oxygen atoms in total. The van der Waals surface area contributed by atoms with Gasteiger partial charge in [0.15, 0.2) is 0 Å². The van der Waals surface area contributed by atoms with Crippen LogP contribution in [0.4, 0.5) is 5.69 Å². The van der Waals surface area contributed by atoms with Crippen LogP contribution in [0.2, 0.25) is 0 Å². The predicted octanol–water partition coefficient (Wildman–Crippen LogP) is 1.44. The van der Waals surface area contributed by atoms with E-state index in [9.17, 15) is 20.0 Å². The second-order valence-electron chi connectivity index (χ2n) is 6.78. The van der Waals surface area contributed by atoms with Crippen molar-refractivity contribution in [2.24, 2.45) is 5.73 Å². The van der Waals surface area contributed by atoms with E-state index in [1.165, 1.54) is 6.20 Å². The van der Waals surface area contributed by atoms with Crippen molar-refractivity contribution in [3.05, 3.63) is 39.7 Å². The number of anilines is 1. The lowest BCUT2D eigenvalue weighted by Gasteiger charge is -2.22. The summed E-state index contributed by atoms with van der Waals surface area (Å²) in [6.45, 7) is 1.43. The van der Waals surface area contributed by atoms with Gasteiger partial charge in [-0.3, -0.25) is 4.79 Å². The van der Waals surface area contributed by atoms with Gasteiger partial charge in [-0.1, -0.05) is 0 Å². The van der Waals surface area contributed by atoms with Crippen LogP contribution in [0.5, 0.6) is 0 Å². The van der Waals surface area contributed by atoms with Crippen LogP contribution < -0.4 is 16.1 Å². The van der Waals surface area contributed by atoms with Crippen LogP contribution in [0, 0.1) is 11.3 Å². The lowest BCUT2D eigenvalue weighted by molar-refractivity contribution is 0.0695. The molecule has 1 aromatic heterocycles. The molecule has 2 aliphatic rings. The Labute approximate surface area is 143 Å². The fourth-order valence-corrected chi connectivity index (χ4v) is 3.61. The molecule has 1 atom stereocenters.